The molecule has 0 aliphatic carbocycles. The predicted octanol–water partition coefficient (Wildman–Crippen LogP) is 2.44. The number of halogens is 1. The van der Waals surface area contributed by atoms with Gasteiger partial charge in [0.25, 0.3) is 0 Å². The number of H-pyrrole nitrogens is 1. The lowest BCUT2D eigenvalue weighted by atomic mass is 10.1. The van der Waals surface area contributed by atoms with Crippen molar-refractivity contribution in [3.63, 3.8) is 0 Å². The summed E-state index contributed by atoms with van der Waals surface area (Å²) in [7, 11) is -6.97. The SMILES string of the molecule is O=S1(=O)CCC(NS(=O)(=O)c2ccc(-c3c[nH]c4cc(F)ccc34)cc2)C1. The molecular formula is C18H17FN2O4S2. The molecule has 4 rings (SSSR count). The van der Waals surface area contributed by atoms with E-state index in [1.54, 1.807) is 24.4 Å². The summed E-state index contributed by atoms with van der Waals surface area (Å²) in [5, 5.41) is 0.835. The van der Waals surface area contributed by atoms with E-state index >= 15 is 0 Å². The van der Waals surface area contributed by atoms with Crippen LogP contribution in [0.15, 0.2) is 53.6 Å². The molecule has 0 saturated carbocycles. The summed E-state index contributed by atoms with van der Waals surface area (Å²) in [5.74, 6) is -0.506. The van der Waals surface area contributed by atoms with E-state index in [1.807, 2.05) is 0 Å². The van der Waals surface area contributed by atoms with Gasteiger partial charge in [-0.1, -0.05) is 12.1 Å². The van der Waals surface area contributed by atoms with Gasteiger partial charge < -0.3 is 4.98 Å². The molecular weight excluding hydrogens is 391 g/mol. The maximum Gasteiger partial charge on any atom is 0.240 e. The van der Waals surface area contributed by atoms with E-state index in [0.29, 0.717) is 5.52 Å². The average Bonchev–Trinajstić information content (AvgIpc) is 3.17. The second-order valence-corrected chi connectivity index (χ2v) is 10.6. The zero-order valence-corrected chi connectivity index (χ0v) is 15.8. The molecule has 0 amide bonds. The standard InChI is InChI=1S/C18H17FN2O4S2/c19-13-3-6-16-17(10-20-18(16)9-13)12-1-4-15(5-2-12)27(24,25)21-14-7-8-26(22,23)11-14/h1-6,9-10,14,20-21H,7-8,11H2. The lowest BCUT2D eigenvalue weighted by Crippen LogP contribution is -2.35. The topological polar surface area (TPSA) is 96.1 Å². The van der Waals surface area contributed by atoms with Crippen LogP contribution >= 0.6 is 0 Å². The zero-order chi connectivity index (χ0) is 19.2. The van der Waals surface area contributed by atoms with Gasteiger partial charge in [0.2, 0.25) is 10.0 Å². The van der Waals surface area contributed by atoms with E-state index < -0.39 is 25.9 Å². The van der Waals surface area contributed by atoms with E-state index in [9.17, 15) is 21.2 Å². The first-order valence-electron chi connectivity index (χ1n) is 8.33. The smallest absolute Gasteiger partial charge is 0.240 e. The fourth-order valence-electron chi connectivity index (χ4n) is 3.33. The minimum absolute atomic E-state index is 0.000280. The molecule has 1 fully saturated rings. The minimum atomic E-state index is -3.80. The zero-order valence-electron chi connectivity index (χ0n) is 14.1. The molecule has 27 heavy (non-hydrogen) atoms. The first-order valence-corrected chi connectivity index (χ1v) is 11.6. The Labute approximate surface area is 156 Å². The van der Waals surface area contributed by atoms with Crippen molar-refractivity contribution in [2.75, 3.05) is 11.5 Å². The van der Waals surface area contributed by atoms with Crippen LogP contribution in [0.1, 0.15) is 6.42 Å². The Hall–Kier alpha value is -2.23. The maximum absolute atomic E-state index is 13.3. The highest BCUT2D eigenvalue weighted by Crippen LogP contribution is 2.29. The molecule has 1 aliphatic rings. The summed E-state index contributed by atoms with van der Waals surface area (Å²) in [4.78, 5) is 3.07. The van der Waals surface area contributed by atoms with Crippen molar-refractivity contribution in [1.82, 2.24) is 9.71 Å². The van der Waals surface area contributed by atoms with Gasteiger partial charge in [0.1, 0.15) is 5.82 Å². The predicted molar refractivity (Wildman–Crippen MR) is 101 cm³/mol. The molecule has 1 atom stereocenters. The van der Waals surface area contributed by atoms with Crippen molar-refractivity contribution in [3.05, 3.63) is 54.5 Å². The number of rotatable bonds is 4. The van der Waals surface area contributed by atoms with Crippen molar-refractivity contribution >= 4 is 30.8 Å². The van der Waals surface area contributed by atoms with Crippen LogP contribution in [0.25, 0.3) is 22.0 Å². The first kappa shape index (κ1) is 18.1. The van der Waals surface area contributed by atoms with Gasteiger partial charge in [0.05, 0.1) is 16.4 Å². The van der Waals surface area contributed by atoms with Crippen LogP contribution < -0.4 is 4.72 Å². The molecule has 6 nitrogen and oxygen atoms in total. The number of aromatic amines is 1. The van der Waals surface area contributed by atoms with Crippen LogP contribution in [0, 0.1) is 5.82 Å². The Bertz CT molecular complexity index is 1220. The average molecular weight is 408 g/mol. The largest absolute Gasteiger partial charge is 0.360 e. The van der Waals surface area contributed by atoms with Gasteiger partial charge >= 0.3 is 0 Å². The number of sulfonamides is 1. The number of nitrogens with one attached hydrogen (secondary N) is 2. The number of sulfone groups is 1. The Morgan fingerprint density at radius 1 is 1.11 bits per heavy atom. The lowest BCUT2D eigenvalue weighted by Gasteiger charge is -2.12. The van der Waals surface area contributed by atoms with E-state index in [0.717, 1.165) is 16.5 Å². The number of fused-ring (bicyclic) bond motifs is 1. The number of hydrogen-bond donors (Lipinski definition) is 2. The monoisotopic (exact) mass is 408 g/mol. The molecule has 2 heterocycles. The minimum Gasteiger partial charge on any atom is -0.360 e. The fraction of sp³-hybridized carbons (Fsp3) is 0.222. The second kappa shape index (κ2) is 6.43. The van der Waals surface area contributed by atoms with Gasteiger partial charge in [0, 0.05) is 28.7 Å². The Morgan fingerprint density at radius 3 is 2.52 bits per heavy atom. The summed E-state index contributed by atoms with van der Waals surface area (Å²) >= 11 is 0. The van der Waals surface area contributed by atoms with Crippen LogP contribution in [-0.4, -0.2) is 39.4 Å². The molecule has 142 valence electrons. The molecule has 2 aromatic carbocycles. The first-order chi connectivity index (χ1) is 12.7. The number of benzene rings is 2. The summed E-state index contributed by atoms with van der Waals surface area (Å²) in [6.45, 7) is 0. The van der Waals surface area contributed by atoms with Crippen molar-refractivity contribution in [2.45, 2.75) is 17.4 Å². The van der Waals surface area contributed by atoms with Crippen molar-refractivity contribution < 1.29 is 21.2 Å². The van der Waals surface area contributed by atoms with Gasteiger partial charge in [-0.15, -0.1) is 0 Å². The number of hydrogen-bond acceptors (Lipinski definition) is 4. The van der Waals surface area contributed by atoms with Crippen LogP contribution in [0.4, 0.5) is 4.39 Å². The molecule has 9 heteroatoms. The third-order valence-electron chi connectivity index (χ3n) is 4.67. The van der Waals surface area contributed by atoms with Crippen LogP contribution in [0.2, 0.25) is 0 Å². The van der Waals surface area contributed by atoms with Crippen LogP contribution in [0.3, 0.4) is 0 Å². The summed E-state index contributed by atoms with van der Waals surface area (Å²) in [5.41, 5.74) is 2.28. The summed E-state index contributed by atoms with van der Waals surface area (Å²) < 4.78 is 63.8. The third-order valence-corrected chi connectivity index (χ3v) is 7.98. The molecule has 1 aromatic heterocycles. The molecule has 0 bridgehead atoms. The highest BCUT2D eigenvalue weighted by Gasteiger charge is 2.31. The van der Waals surface area contributed by atoms with Gasteiger partial charge in [0.15, 0.2) is 9.84 Å². The molecule has 2 N–H and O–H groups in total. The molecule has 1 aliphatic heterocycles. The second-order valence-electron chi connectivity index (χ2n) is 6.64. The van der Waals surface area contributed by atoms with Crippen molar-refractivity contribution in [1.29, 1.82) is 0 Å². The normalized spacial score (nSPS) is 19.5. The van der Waals surface area contributed by atoms with Gasteiger partial charge in [-0.3, -0.25) is 0 Å². The fourth-order valence-corrected chi connectivity index (χ4v) is 6.38. The van der Waals surface area contributed by atoms with E-state index in [4.69, 9.17) is 0 Å². The number of aromatic nitrogens is 1. The highest BCUT2D eigenvalue weighted by atomic mass is 32.2. The van der Waals surface area contributed by atoms with E-state index in [1.165, 1.54) is 24.3 Å². The van der Waals surface area contributed by atoms with Crippen LogP contribution in [-0.2, 0) is 19.9 Å². The van der Waals surface area contributed by atoms with Gasteiger partial charge in [-0.2, -0.15) is 0 Å². The third kappa shape index (κ3) is 3.62. The summed E-state index contributed by atoms with van der Waals surface area (Å²) in [6.07, 6.45) is 2.03. The molecule has 1 unspecified atom stereocenters. The quantitative estimate of drug-likeness (QED) is 0.693. The highest BCUT2D eigenvalue weighted by molar-refractivity contribution is 7.92. The van der Waals surface area contributed by atoms with Crippen molar-refractivity contribution in [3.8, 4) is 11.1 Å². The molecule has 3 aromatic rings. The summed E-state index contributed by atoms with van der Waals surface area (Å²) in [6, 6.07) is 10.1. The maximum atomic E-state index is 13.3. The Morgan fingerprint density at radius 2 is 1.85 bits per heavy atom. The lowest BCUT2D eigenvalue weighted by molar-refractivity contribution is 0.562. The van der Waals surface area contributed by atoms with Crippen LogP contribution in [0.5, 0.6) is 0 Å². The van der Waals surface area contributed by atoms with Gasteiger partial charge in [-0.05, 0) is 42.3 Å². The van der Waals surface area contributed by atoms with Gasteiger partial charge in [-0.25, -0.2) is 25.9 Å². The molecule has 0 radical (unpaired) electrons. The Kier molecular flexibility index (Phi) is 4.32. The Balaban J connectivity index is 1.59. The van der Waals surface area contributed by atoms with Crippen molar-refractivity contribution in [2.24, 2.45) is 0 Å². The van der Waals surface area contributed by atoms with E-state index in [2.05, 4.69) is 9.71 Å². The molecule has 1 saturated heterocycles. The van der Waals surface area contributed by atoms with E-state index in [-0.39, 0.29) is 28.6 Å². The molecule has 0 spiro atoms.